The molecule has 2 aromatic heterocycles. The van der Waals surface area contributed by atoms with E-state index in [1.807, 2.05) is 43.3 Å². The van der Waals surface area contributed by atoms with Gasteiger partial charge in [-0.3, -0.25) is 10.1 Å². The Kier molecular flexibility index (Phi) is 3.68. The molecule has 0 saturated heterocycles. The molecule has 0 aliphatic carbocycles. The van der Waals surface area contributed by atoms with Crippen LogP contribution in [0, 0.1) is 18.3 Å². The second-order valence-corrected chi connectivity index (χ2v) is 5.38. The molecule has 1 aromatic carbocycles. The third-order valence-corrected chi connectivity index (χ3v) is 3.90. The van der Waals surface area contributed by atoms with Crippen molar-refractivity contribution in [2.45, 2.75) is 6.92 Å². The molecule has 0 aliphatic rings. The Hall–Kier alpha value is -2.98. The number of carbonyl (C=O) groups excluding carboxylic acids is 1. The minimum Gasteiger partial charge on any atom is -0.288 e. The summed E-state index contributed by atoms with van der Waals surface area (Å²) in [5, 5.41) is 17.6. The van der Waals surface area contributed by atoms with Crippen molar-refractivity contribution in [2.24, 2.45) is 0 Å². The lowest BCUT2D eigenvalue weighted by atomic mass is 10.3. The average molecular weight is 309 g/mol. The Labute approximate surface area is 130 Å². The van der Waals surface area contributed by atoms with Gasteiger partial charge in [-0.2, -0.15) is 10.2 Å². The molecule has 0 spiro atoms. The third-order valence-electron chi connectivity index (χ3n) is 2.99. The molecular formula is C15H11N5OS. The van der Waals surface area contributed by atoms with Gasteiger partial charge in [0.05, 0.1) is 11.3 Å². The molecular weight excluding hydrogens is 298 g/mol. The Morgan fingerprint density at radius 2 is 2.09 bits per heavy atom. The van der Waals surface area contributed by atoms with Gasteiger partial charge >= 0.3 is 0 Å². The number of benzene rings is 1. The van der Waals surface area contributed by atoms with Crippen LogP contribution in [0.5, 0.6) is 0 Å². The van der Waals surface area contributed by atoms with Gasteiger partial charge in [0.25, 0.3) is 5.91 Å². The molecule has 22 heavy (non-hydrogen) atoms. The summed E-state index contributed by atoms with van der Waals surface area (Å²) in [4.78, 5) is 16.8. The number of anilines is 1. The summed E-state index contributed by atoms with van der Waals surface area (Å²) in [6, 6.07) is 13.1. The van der Waals surface area contributed by atoms with E-state index in [0.717, 1.165) is 5.69 Å². The van der Waals surface area contributed by atoms with Crippen LogP contribution in [0.25, 0.3) is 5.69 Å². The van der Waals surface area contributed by atoms with Gasteiger partial charge in [-0.05, 0) is 30.5 Å². The number of nitriles is 1. The lowest BCUT2D eigenvalue weighted by Crippen LogP contribution is -2.13. The summed E-state index contributed by atoms with van der Waals surface area (Å²) < 4.78 is 1.65. The molecule has 0 radical (unpaired) electrons. The lowest BCUT2D eigenvalue weighted by molar-refractivity contribution is 0.102. The number of aromatic nitrogens is 3. The summed E-state index contributed by atoms with van der Waals surface area (Å²) in [5.41, 5.74) is 1.21. The van der Waals surface area contributed by atoms with Crippen LogP contribution in [-0.4, -0.2) is 20.7 Å². The molecule has 0 atom stereocenters. The summed E-state index contributed by atoms with van der Waals surface area (Å²) in [5.74, 6) is 0.494. The fourth-order valence-electron chi connectivity index (χ4n) is 1.99. The van der Waals surface area contributed by atoms with E-state index in [0.29, 0.717) is 16.3 Å². The topological polar surface area (TPSA) is 83.6 Å². The third kappa shape index (κ3) is 2.60. The van der Waals surface area contributed by atoms with Crippen LogP contribution < -0.4 is 5.32 Å². The van der Waals surface area contributed by atoms with Crippen molar-refractivity contribution in [3.8, 4) is 11.8 Å². The molecule has 1 N–H and O–H groups in total. The van der Waals surface area contributed by atoms with Crippen LogP contribution in [0.4, 0.5) is 5.95 Å². The number of amides is 1. The molecule has 0 bridgehead atoms. The first-order valence-electron chi connectivity index (χ1n) is 6.47. The minimum atomic E-state index is -0.378. The highest BCUT2D eigenvalue weighted by molar-refractivity contribution is 7.12. The standard InChI is InChI=1S/C15H11N5OS/c1-10-17-15(19-20(10)12-5-3-2-4-6-12)18-14(21)13-11(9-16)7-8-22-13/h2-8H,1H3,(H,18,19,21). The number of carbonyl (C=O) groups is 1. The maximum Gasteiger partial charge on any atom is 0.269 e. The second kappa shape index (κ2) is 5.79. The highest BCUT2D eigenvalue weighted by Gasteiger charge is 2.16. The highest BCUT2D eigenvalue weighted by Crippen LogP contribution is 2.18. The van der Waals surface area contributed by atoms with Gasteiger partial charge in [0.1, 0.15) is 16.8 Å². The molecule has 0 unspecified atom stereocenters. The Balaban J connectivity index is 1.86. The summed E-state index contributed by atoms with van der Waals surface area (Å²) >= 11 is 1.21. The molecule has 3 rings (SSSR count). The molecule has 3 aromatic rings. The predicted octanol–water partition coefficient (Wildman–Crippen LogP) is 2.76. The number of para-hydroxylation sites is 1. The van der Waals surface area contributed by atoms with Crippen molar-refractivity contribution in [2.75, 3.05) is 5.32 Å². The Morgan fingerprint density at radius 1 is 1.32 bits per heavy atom. The number of thiophene rings is 1. The fourth-order valence-corrected chi connectivity index (χ4v) is 2.73. The van der Waals surface area contributed by atoms with E-state index >= 15 is 0 Å². The van der Waals surface area contributed by atoms with Crippen LogP contribution in [0.3, 0.4) is 0 Å². The van der Waals surface area contributed by atoms with Crippen LogP contribution in [0.1, 0.15) is 21.1 Å². The van der Waals surface area contributed by atoms with Crippen molar-refractivity contribution >= 4 is 23.2 Å². The molecule has 6 nitrogen and oxygen atoms in total. The normalized spacial score (nSPS) is 10.2. The number of aryl methyl sites for hydroxylation is 1. The van der Waals surface area contributed by atoms with Crippen LogP contribution in [0.2, 0.25) is 0 Å². The molecule has 108 valence electrons. The number of hydrogen-bond donors (Lipinski definition) is 1. The molecule has 0 saturated carbocycles. The second-order valence-electron chi connectivity index (χ2n) is 4.46. The monoisotopic (exact) mass is 309 g/mol. The molecule has 0 fully saturated rings. The maximum atomic E-state index is 12.2. The summed E-state index contributed by atoms with van der Waals surface area (Å²) in [6.45, 7) is 1.81. The fraction of sp³-hybridized carbons (Fsp3) is 0.0667. The zero-order valence-corrected chi connectivity index (χ0v) is 12.5. The van der Waals surface area contributed by atoms with Crippen LogP contribution >= 0.6 is 11.3 Å². The average Bonchev–Trinajstić information content (AvgIpc) is 3.14. The van der Waals surface area contributed by atoms with Crippen molar-refractivity contribution in [1.29, 1.82) is 5.26 Å². The van der Waals surface area contributed by atoms with Crippen molar-refractivity contribution in [3.05, 3.63) is 58.0 Å². The van der Waals surface area contributed by atoms with E-state index in [-0.39, 0.29) is 11.9 Å². The van der Waals surface area contributed by atoms with Crippen molar-refractivity contribution in [1.82, 2.24) is 14.8 Å². The number of nitrogens with zero attached hydrogens (tertiary/aromatic N) is 4. The van der Waals surface area contributed by atoms with Crippen molar-refractivity contribution in [3.63, 3.8) is 0 Å². The van der Waals surface area contributed by atoms with Gasteiger partial charge in [0.2, 0.25) is 5.95 Å². The van der Waals surface area contributed by atoms with E-state index in [1.54, 1.807) is 16.1 Å². The smallest absolute Gasteiger partial charge is 0.269 e. The quantitative estimate of drug-likeness (QED) is 0.806. The number of nitrogens with one attached hydrogen (secondary N) is 1. The molecule has 2 heterocycles. The van der Waals surface area contributed by atoms with Gasteiger partial charge < -0.3 is 0 Å². The van der Waals surface area contributed by atoms with E-state index in [1.165, 1.54) is 11.3 Å². The van der Waals surface area contributed by atoms with Gasteiger partial charge in [0, 0.05) is 0 Å². The van der Waals surface area contributed by atoms with Crippen molar-refractivity contribution < 1.29 is 4.79 Å². The van der Waals surface area contributed by atoms with E-state index < -0.39 is 0 Å². The first kappa shape index (κ1) is 14.0. The first-order valence-corrected chi connectivity index (χ1v) is 7.35. The Morgan fingerprint density at radius 3 is 2.82 bits per heavy atom. The predicted molar refractivity (Wildman–Crippen MR) is 83.1 cm³/mol. The zero-order chi connectivity index (χ0) is 15.5. The highest BCUT2D eigenvalue weighted by atomic mass is 32.1. The number of rotatable bonds is 3. The van der Waals surface area contributed by atoms with E-state index in [9.17, 15) is 4.79 Å². The molecule has 1 amide bonds. The van der Waals surface area contributed by atoms with Crippen LogP contribution in [-0.2, 0) is 0 Å². The summed E-state index contributed by atoms with van der Waals surface area (Å²) in [7, 11) is 0. The van der Waals surface area contributed by atoms with Gasteiger partial charge in [-0.15, -0.1) is 16.4 Å². The molecule has 0 aliphatic heterocycles. The van der Waals surface area contributed by atoms with Gasteiger partial charge in [-0.1, -0.05) is 18.2 Å². The zero-order valence-electron chi connectivity index (χ0n) is 11.6. The van der Waals surface area contributed by atoms with E-state index in [2.05, 4.69) is 15.4 Å². The van der Waals surface area contributed by atoms with Gasteiger partial charge in [0.15, 0.2) is 0 Å². The van der Waals surface area contributed by atoms with Crippen LogP contribution in [0.15, 0.2) is 41.8 Å². The largest absolute Gasteiger partial charge is 0.288 e. The summed E-state index contributed by atoms with van der Waals surface area (Å²) in [6.07, 6.45) is 0. The van der Waals surface area contributed by atoms with E-state index in [4.69, 9.17) is 5.26 Å². The minimum absolute atomic E-state index is 0.212. The lowest BCUT2D eigenvalue weighted by Gasteiger charge is -2.01. The molecule has 7 heteroatoms. The Bertz CT molecular complexity index is 860. The number of hydrogen-bond acceptors (Lipinski definition) is 5. The maximum absolute atomic E-state index is 12.2. The SMILES string of the molecule is Cc1nc(NC(=O)c2sccc2C#N)nn1-c1ccccc1. The van der Waals surface area contributed by atoms with Gasteiger partial charge in [-0.25, -0.2) is 4.68 Å². The first-order chi connectivity index (χ1) is 10.7.